The molecule has 14 heavy (non-hydrogen) atoms. The van der Waals surface area contributed by atoms with Crippen LogP contribution in [0.2, 0.25) is 0 Å². The highest BCUT2D eigenvalue weighted by molar-refractivity contribution is 7.79. The van der Waals surface area contributed by atoms with E-state index < -0.39 is 10.4 Å². The summed E-state index contributed by atoms with van der Waals surface area (Å²) >= 11 is 0. The SMILES string of the molecule is Cl.Nc1ccc(N)cc1.O=S(=O)(O)O. The number of hydrogen-bond donors (Lipinski definition) is 4. The van der Waals surface area contributed by atoms with Gasteiger partial charge in [-0.2, -0.15) is 8.42 Å². The van der Waals surface area contributed by atoms with Gasteiger partial charge in [0, 0.05) is 11.4 Å². The molecule has 0 heterocycles. The third kappa shape index (κ3) is 13.6. The Morgan fingerprint density at radius 2 is 1.07 bits per heavy atom. The first-order valence-corrected chi connectivity index (χ1v) is 4.49. The molecule has 0 aliphatic carbocycles. The molecule has 0 aromatic heterocycles. The lowest BCUT2D eigenvalue weighted by Crippen LogP contribution is -1.89. The zero-order valence-electron chi connectivity index (χ0n) is 6.99. The van der Waals surface area contributed by atoms with Gasteiger partial charge in [0.05, 0.1) is 0 Å². The van der Waals surface area contributed by atoms with Crippen molar-refractivity contribution in [3.05, 3.63) is 24.3 Å². The van der Waals surface area contributed by atoms with E-state index in [9.17, 15) is 0 Å². The van der Waals surface area contributed by atoms with Crippen LogP contribution in [0.15, 0.2) is 24.3 Å². The number of nitrogens with two attached hydrogens (primary N) is 2. The second-order valence-electron chi connectivity index (χ2n) is 2.11. The van der Waals surface area contributed by atoms with Crippen molar-refractivity contribution in [3.8, 4) is 0 Å². The Labute approximate surface area is 87.9 Å². The normalized spacial score (nSPS) is 9.29. The van der Waals surface area contributed by atoms with E-state index in [0.717, 1.165) is 11.4 Å². The molecule has 0 bridgehead atoms. The maximum atomic E-state index is 8.74. The van der Waals surface area contributed by atoms with Crippen LogP contribution in [0.1, 0.15) is 0 Å². The van der Waals surface area contributed by atoms with Gasteiger partial charge >= 0.3 is 10.4 Å². The molecule has 1 aromatic rings. The molecule has 8 heteroatoms. The van der Waals surface area contributed by atoms with E-state index in [-0.39, 0.29) is 12.4 Å². The predicted octanol–water partition coefficient (Wildman–Crippen LogP) is 0.620. The largest absolute Gasteiger partial charge is 0.399 e. The molecule has 0 aliphatic heterocycles. The first kappa shape index (κ1) is 15.5. The number of halogens is 1. The van der Waals surface area contributed by atoms with Gasteiger partial charge in [-0.3, -0.25) is 9.11 Å². The molecule has 0 saturated heterocycles. The summed E-state index contributed by atoms with van der Waals surface area (Å²) in [6.45, 7) is 0. The van der Waals surface area contributed by atoms with Gasteiger partial charge < -0.3 is 11.5 Å². The quantitative estimate of drug-likeness (QED) is 0.390. The van der Waals surface area contributed by atoms with E-state index in [4.69, 9.17) is 29.0 Å². The van der Waals surface area contributed by atoms with Crippen LogP contribution >= 0.6 is 12.4 Å². The highest BCUT2D eigenvalue weighted by Crippen LogP contribution is 2.04. The molecule has 0 atom stereocenters. The van der Waals surface area contributed by atoms with Gasteiger partial charge in [-0.25, -0.2) is 0 Å². The highest BCUT2D eigenvalue weighted by atomic mass is 35.5. The maximum Gasteiger partial charge on any atom is 0.394 e. The second-order valence-corrected chi connectivity index (χ2v) is 3.01. The van der Waals surface area contributed by atoms with Crippen LogP contribution in [-0.4, -0.2) is 17.5 Å². The monoisotopic (exact) mass is 242 g/mol. The zero-order chi connectivity index (χ0) is 10.5. The molecular weight excluding hydrogens is 232 g/mol. The number of rotatable bonds is 0. The topological polar surface area (TPSA) is 127 Å². The third-order valence-electron chi connectivity index (χ3n) is 0.936. The van der Waals surface area contributed by atoms with E-state index in [2.05, 4.69) is 0 Å². The molecule has 1 rings (SSSR count). The fourth-order valence-corrected chi connectivity index (χ4v) is 0.496. The van der Waals surface area contributed by atoms with Crippen molar-refractivity contribution in [2.75, 3.05) is 11.5 Å². The first-order chi connectivity index (χ1) is 5.79. The Balaban J connectivity index is 0. The van der Waals surface area contributed by atoms with Crippen LogP contribution in [0.3, 0.4) is 0 Å². The summed E-state index contributed by atoms with van der Waals surface area (Å²) in [6.07, 6.45) is 0. The minimum absolute atomic E-state index is 0. The lowest BCUT2D eigenvalue weighted by molar-refractivity contribution is 0.381. The Morgan fingerprint density at radius 3 is 1.21 bits per heavy atom. The molecule has 0 aliphatic rings. The molecule has 1 aromatic carbocycles. The molecular formula is C6H11ClN2O4S. The van der Waals surface area contributed by atoms with Gasteiger partial charge in [0.25, 0.3) is 0 Å². The fraction of sp³-hybridized carbons (Fsp3) is 0. The van der Waals surface area contributed by atoms with E-state index in [1.807, 2.05) is 0 Å². The van der Waals surface area contributed by atoms with E-state index in [0.29, 0.717) is 0 Å². The van der Waals surface area contributed by atoms with Gasteiger partial charge in [-0.05, 0) is 24.3 Å². The third-order valence-corrected chi connectivity index (χ3v) is 0.936. The molecule has 0 radical (unpaired) electrons. The number of benzene rings is 1. The van der Waals surface area contributed by atoms with Crippen molar-refractivity contribution in [1.29, 1.82) is 0 Å². The minimum atomic E-state index is -4.67. The molecule has 0 saturated carbocycles. The van der Waals surface area contributed by atoms with Crippen LogP contribution in [0.4, 0.5) is 11.4 Å². The zero-order valence-corrected chi connectivity index (χ0v) is 8.62. The Morgan fingerprint density at radius 1 is 0.929 bits per heavy atom. The van der Waals surface area contributed by atoms with Crippen molar-refractivity contribution < 1.29 is 17.5 Å². The van der Waals surface area contributed by atoms with Crippen LogP contribution in [-0.2, 0) is 10.4 Å². The van der Waals surface area contributed by atoms with Gasteiger partial charge in [0.15, 0.2) is 0 Å². The van der Waals surface area contributed by atoms with Gasteiger partial charge in [0.2, 0.25) is 0 Å². The second kappa shape index (κ2) is 6.44. The maximum absolute atomic E-state index is 8.74. The van der Waals surface area contributed by atoms with Gasteiger partial charge in [-0.15, -0.1) is 12.4 Å². The first-order valence-electron chi connectivity index (χ1n) is 3.10. The summed E-state index contributed by atoms with van der Waals surface area (Å²) in [6, 6.07) is 7.09. The van der Waals surface area contributed by atoms with Crippen molar-refractivity contribution in [2.45, 2.75) is 0 Å². The van der Waals surface area contributed by atoms with Crippen LogP contribution < -0.4 is 11.5 Å². The van der Waals surface area contributed by atoms with Crippen molar-refractivity contribution in [2.24, 2.45) is 0 Å². The van der Waals surface area contributed by atoms with Crippen LogP contribution in [0, 0.1) is 0 Å². The summed E-state index contributed by atoms with van der Waals surface area (Å²) in [5.41, 5.74) is 12.2. The summed E-state index contributed by atoms with van der Waals surface area (Å²) in [5.74, 6) is 0. The molecule has 0 unspecified atom stereocenters. The highest BCUT2D eigenvalue weighted by Gasteiger charge is 1.84. The van der Waals surface area contributed by atoms with Gasteiger partial charge in [-0.1, -0.05) is 0 Å². The number of anilines is 2. The minimum Gasteiger partial charge on any atom is -0.399 e. The summed E-state index contributed by atoms with van der Waals surface area (Å²) in [4.78, 5) is 0. The van der Waals surface area contributed by atoms with E-state index in [1.54, 1.807) is 24.3 Å². The van der Waals surface area contributed by atoms with E-state index >= 15 is 0 Å². The predicted molar refractivity (Wildman–Crippen MR) is 56.7 cm³/mol. The van der Waals surface area contributed by atoms with Gasteiger partial charge in [0.1, 0.15) is 0 Å². The molecule has 6 N–H and O–H groups in total. The van der Waals surface area contributed by atoms with Crippen LogP contribution in [0.25, 0.3) is 0 Å². The fourth-order valence-electron chi connectivity index (χ4n) is 0.496. The molecule has 0 spiro atoms. The number of hydrogen-bond acceptors (Lipinski definition) is 4. The van der Waals surface area contributed by atoms with E-state index in [1.165, 1.54) is 0 Å². The Hall–Kier alpha value is -1.02. The molecule has 82 valence electrons. The number of nitrogen functional groups attached to an aromatic ring is 2. The van der Waals surface area contributed by atoms with Crippen molar-refractivity contribution in [3.63, 3.8) is 0 Å². The van der Waals surface area contributed by atoms with Crippen molar-refractivity contribution in [1.82, 2.24) is 0 Å². The Kier molecular flexibility index (Phi) is 7.10. The Bertz CT molecular complexity index is 322. The average Bonchev–Trinajstić information content (AvgIpc) is 1.92. The molecule has 0 amide bonds. The lowest BCUT2D eigenvalue weighted by atomic mass is 10.3. The average molecular weight is 243 g/mol. The van der Waals surface area contributed by atoms with Crippen molar-refractivity contribution >= 4 is 34.2 Å². The molecule has 0 fully saturated rings. The summed E-state index contributed by atoms with van der Waals surface area (Å²) in [7, 11) is -4.67. The smallest absolute Gasteiger partial charge is 0.394 e. The molecule has 6 nitrogen and oxygen atoms in total. The summed E-state index contributed by atoms with van der Waals surface area (Å²) < 4.78 is 31.6. The lowest BCUT2D eigenvalue weighted by Gasteiger charge is -1.90. The standard InChI is InChI=1S/C6H8N2.ClH.H2O4S/c7-5-1-2-6(8)4-3-5;;1-5(2,3)4/h1-4H,7-8H2;1H;(H2,1,2,3,4). The van der Waals surface area contributed by atoms with Crippen LogP contribution in [0.5, 0.6) is 0 Å². The summed E-state index contributed by atoms with van der Waals surface area (Å²) in [5, 5.41) is 0.